The Morgan fingerprint density at radius 1 is 1.13 bits per heavy atom. The minimum atomic E-state index is -3.74. The zero-order valence-electron chi connectivity index (χ0n) is 13.9. The van der Waals surface area contributed by atoms with E-state index in [-0.39, 0.29) is 32.0 Å². The van der Waals surface area contributed by atoms with E-state index in [1.165, 1.54) is 20.8 Å². The van der Waals surface area contributed by atoms with Gasteiger partial charge in [0.15, 0.2) is 0 Å². The smallest absolute Gasteiger partial charge is 0.379 e. The lowest BCUT2D eigenvalue weighted by Gasteiger charge is -2.27. The molecule has 0 saturated heterocycles. The fraction of sp³-hybridized carbons (Fsp3) is 0.733. The predicted molar refractivity (Wildman–Crippen MR) is 78.1 cm³/mol. The molecule has 0 bridgehead atoms. The molecule has 0 aromatic heterocycles. The van der Waals surface area contributed by atoms with Crippen molar-refractivity contribution in [2.75, 3.05) is 33.5 Å². The maximum atomic E-state index is 13.8. The number of ether oxygens (including phenoxy) is 4. The average Bonchev–Trinajstić information content (AvgIpc) is 2.47. The summed E-state index contributed by atoms with van der Waals surface area (Å²) in [6.45, 7) is 7.97. The Morgan fingerprint density at radius 3 is 2.17 bits per heavy atom. The average molecular weight is 338 g/mol. The quantitative estimate of drug-likeness (QED) is 0.326. The maximum Gasteiger partial charge on any atom is 0.379 e. The van der Waals surface area contributed by atoms with Crippen LogP contribution >= 0.6 is 0 Å². The van der Waals surface area contributed by atoms with Crippen LogP contribution in [0.4, 0.5) is 8.78 Å². The van der Waals surface area contributed by atoms with E-state index in [1.807, 2.05) is 0 Å². The SMILES string of the molecule is C=C(C)C(=O)OCCOCCOC(C(C)C)C(F)(F)C(=O)OC. The zero-order chi connectivity index (χ0) is 18.0. The van der Waals surface area contributed by atoms with Gasteiger partial charge in [0.1, 0.15) is 12.7 Å². The normalized spacial score (nSPS) is 12.8. The Kier molecular flexibility index (Phi) is 9.59. The molecule has 0 aliphatic carbocycles. The number of carbonyl (C=O) groups excluding carboxylic acids is 2. The van der Waals surface area contributed by atoms with Gasteiger partial charge >= 0.3 is 17.9 Å². The summed E-state index contributed by atoms with van der Waals surface area (Å²) < 4.78 is 46.7. The zero-order valence-corrected chi connectivity index (χ0v) is 13.9. The van der Waals surface area contributed by atoms with Crippen molar-refractivity contribution in [2.45, 2.75) is 32.8 Å². The summed E-state index contributed by atoms with van der Waals surface area (Å²) in [6, 6.07) is 0. The molecule has 0 aromatic carbocycles. The lowest BCUT2D eigenvalue weighted by Crippen LogP contribution is -2.47. The molecule has 0 aliphatic rings. The van der Waals surface area contributed by atoms with Crippen molar-refractivity contribution >= 4 is 11.9 Å². The van der Waals surface area contributed by atoms with E-state index in [0.29, 0.717) is 0 Å². The maximum absolute atomic E-state index is 13.8. The predicted octanol–water partition coefficient (Wildman–Crippen LogP) is 1.97. The molecule has 0 spiro atoms. The second-order valence-electron chi connectivity index (χ2n) is 5.18. The highest BCUT2D eigenvalue weighted by atomic mass is 19.3. The van der Waals surface area contributed by atoms with Crippen LogP contribution in [0.25, 0.3) is 0 Å². The number of hydrogen-bond donors (Lipinski definition) is 0. The number of carbonyl (C=O) groups is 2. The molecule has 0 rings (SSSR count). The topological polar surface area (TPSA) is 71.1 Å². The van der Waals surface area contributed by atoms with Crippen molar-refractivity contribution in [2.24, 2.45) is 5.92 Å². The fourth-order valence-electron chi connectivity index (χ4n) is 1.62. The molecular weight excluding hydrogens is 314 g/mol. The van der Waals surface area contributed by atoms with Crippen molar-refractivity contribution in [3.63, 3.8) is 0 Å². The molecule has 6 nitrogen and oxygen atoms in total. The Morgan fingerprint density at radius 2 is 1.70 bits per heavy atom. The number of methoxy groups -OCH3 is 1. The minimum Gasteiger partial charge on any atom is -0.465 e. The van der Waals surface area contributed by atoms with Gasteiger partial charge in [0, 0.05) is 5.57 Å². The molecule has 0 aliphatic heterocycles. The number of alkyl halides is 2. The molecule has 0 saturated carbocycles. The third-order valence-electron chi connectivity index (χ3n) is 2.75. The lowest BCUT2D eigenvalue weighted by atomic mass is 10.0. The second-order valence-corrected chi connectivity index (χ2v) is 5.18. The van der Waals surface area contributed by atoms with E-state index in [0.717, 1.165) is 7.11 Å². The summed E-state index contributed by atoms with van der Waals surface area (Å²) in [5, 5.41) is 0. The molecule has 1 unspecified atom stereocenters. The Bertz CT molecular complexity index is 409. The molecule has 0 amide bonds. The number of halogens is 2. The van der Waals surface area contributed by atoms with E-state index in [1.54, 1.807) is 0 Å². The van der Waals surface area contributed by atoms with E-state index in [9.17, 15) is 18.4 Å². The van der Waals surface area contributed by atoms with Crippen molar-refractivity contribution < 1.29 is 37.3 Å². The van der Waals surface area contributed by atoms with Gasteiger partial charge in [0.25, 0.3) is 0 Å². The van der Waals surface area contributed by atoms with Gasteiger partial charge in [-0.15, -0.1) is 0 Å². The first-order valence-corrected chi connectivity index (χ1v) is 7.12. The molecule has 0 N–H and O–H groups in total. The van der Waals surface area contributed by atoms with Crippen LogP contribution in [-0.4, -0.2) is 57.5 Å². The lowest BCUT2D eigenvalue weighted by molar-refractivity contribution is -0.200. The van der Waals surface area contributed by atoms with Crippen molar-refractivity contribution in [1.82, 2.24) is 0 Å². The number of hydrogen-bond acceptors (Lipinski definition) is 6. The molecule has 0 heterocycles. The summed E-state index contributed by atoms with van der Waals surface area (Å²) in [7, 11) is 0.892. The molecule has 23 heavy (non-hydrogen) atoms. The van der Waals surface area contributed by atoms with Crippen molar-refractivity contribution in [3.8, 4) is 0 Å². The molecule has 134 valence electrons. The van der Waals surface area contributed by atoms with E-state index in [4.69, 9.17) is 14.2 Å². The van der Waals surface area contributed by atoms with E-state index in [2.05, 4.69) is 11.3 Å². The summed E-state index contributed by atoms with van der Waals surface area (Å²) in [6.07, 6.45) is -1.61. The first-order valence-electron chi connectivity index (χ1n) is 7.12. The van der Waals surface area contributed by atoms with Crippen LogP contribution < -0.4 is 0 Å². The third-order valence-corrected chi connectivity index (χ3v) is 2.75. The Hall–Kier alpha value is -1.54. The first-order chi connectivity index (χ1) is 10.6. The molecule has 0 aromatic rings. The minimum absolute atomic E-state index is 0.0189. The van der Waals surface area contributed by atoms with Crippen LogP contribution in [0.2, 0.25) is 0 Å². The fourth-order valence-corrected chi connectivity index (χ4v) is 1.62. The molecule has 0 radical (unpaired) electrons. The molecular formula is C15H24F2O6. The van der Waals surface area contributed by atoms with Crippen LogP contribution in [0.3, 0.4) is 0 Å². The summed E-state index contributed by atoms with van der Waals surface area (Å²) in [4.78, 5) is 22.2. The molecule has 8 heteroatoms. The summed E-state index contributed by atoms with van der Waals surface area (Å²) in [5.74, 6) is -6.49. The Balaban J connectivity index is 4.10. The van der Waals surface area contributed by atoms with Crippen molar-refractivity contribution in [1.29, 1.82) is 0 Å². The highest BCUT2D eigenvalue weighted by Crippen LogP contribution is 2.28. The van der Waals surface area contributed by atoms with Gasteiger partial charge in [-0.05, 0) is 12.8 Å². The standard InChI is InChI=1S/C15H24F2O6/c1-10(2)12(15(16,17)14(19)20-5)22-8-6-21-7-9-23-13(18)11(3)4/h10,12H,3,6-9H2,1-2,4-5H3. The van der Waals surface area contributed by atoms with E-state index >= 15 is 0 Å². The number of esters is 2. The van der Waals surface area contributed by atoms with Gasteiger partial charge in [-0.25, -0.2) is 9.59 Å². The van der Waals surface area contributed by atoms with Gasteiger partial charge in [-0.1, -0.05) is 20.4 Å². The largest absolute Gasteiger partial charge is 0.465 e. The van der Waals surface area contributed by atoms with Crippen LogP contribution in [0.15, 0.2) is 12.2 Å². The van der Waals surface area contributed by atoms with Crippen LogP contribution in [0.1, 0.15) is 20.8 Å². The monoisotopic (exact) mass is 338 g/mol. The second kappa shape index (κ2) is 10.3. The van der Waals surface area contributed by atoms with Crippen LogP contribution in [-0.2, 0) is 28.5 Å². The Labute approximate surface area is 134 Å². The first kappa shape index (κ1) is 21.5. The van der Waals surface area contributed by atoms with Gasteiger partial charge in [0.05, 0.1) is 26.9 Å². The van der Waals surface area contributed by atoms with E-state index < -0.39 is 29.9 Å². The van der Waals surface area contributed by atoms with Gasteiger partial charge in [0.2, 0.25) is 0 Å². The van der Waals surface area contributed by atoms with Crippen LogP contribution in [0, 0.1) is 5.92 Å². The summed E-state index contributed by atoms with van der Waals surface area (Å²) >= 11 is 0. The molecule has 1 atom stereocenters. The van der Waals surface area contributed by atoms with Crippen molar-refractivity contribution in [3.05, 3.63) is 12.2 Å². The van der Waals surface area contributed by atoms with Gasteiger partial charge in [-0.3, -0.25) is 0 Å². The highest BCUT2D eigenvalue weighted by molar-refractivity contribution is 5.86. The summed E-state index contributed by atoms with van der Waals surface area (Å²) in [5.41, 5.74) is 0.276. The van der Waals surface area contributed by atoms with Crippen LogP contribution in [0.5, 0.6) is 0 Å². The van der Waals surface area contributed by atoms with Gasteiger partial charge in [-0.2, -0.15) is 8.78 Å². The number of rotatable bonds is 11. The third kappa shape index (κ3) is 7.51. The van der Waals surface area contributed by atoms with Gasteiger partial charge < -0.3 is 18.9 Å². The molecule has 0 fully saturated rings. The highest BCUT2D eigenvalue weighted by Gasteiger charge is 2.50.